The number of nitrogen functional groups attached to an aromatic ring is 1. The first-order valence-corrected chi connectivity index (χ1v) is 9.96. The Morgan fingerprint density at radius 2 is 2.20 bits per heavy atom. The fourth-order valence-corrected chi connectivity index (χ4v) is 3.67. The molecule has 0 bridgehead atoms. The summed E-state index contributed by atoms with van der Waals surface area (Å²) in [5.41, 5.74) is 10.3. The molecule has 1 unspecified atom stereocenters. The van der Waals surface area contributed by atoms with E-state index >= 15 is 0 Å². The molecule has 2 heterocycles. The molecule has 4 rings (SSSR count). The molecule has 1 atom stereocenters. The van der Waals surface area contributed by atoms with Crippen LogP contribution in [0.2, 0.25) is 0 Å². The molecule has 1 aliphatic carbocycles. The Morgan fingerprint density at radius 3 is 2.92 bits per heavy atom. The molecule has 0 spiro atoms. The van der Waals surface area contributed by atoms with Crippen LogP contribution >= 0.6 is 0 Å². The van der Waals surface area contributed by atoms with Crippen molar-refractivity contribution in [1.82, 2.24) is 19.3 Å². The first-order chi connectivity index (χ1) is 12.1. The summed E-state index contributed by atoms with van der Waals surface area (Å²) in [5.74, 6) is 0.510. The van der Waals surface area contributed by atoms with Gasteiger partial charge < -0.3 is 10.3 Å². The van der Waals surface area contributed by atoms with Crippen molar-refractivity contribution in [3.63, 3.8) is 0 Å². The molecule has 0 amide bonds. The second kappa shape index (κ2) is 6.57. The molecule has 1 saturated carbocycles. The van der Waals surface area contributed by atoms with Gasteiger partial charge in [-0.3, -0.25) is 0 Å². The average molecular weight is 355 g/mol. The molecular weight excluding hydrogens is 334 g/mol. The molecule has 7 heteroatoms. The normalized spacial score (nSPS) is 16.0. The first-order valence-electron chi connectivity index (χ1n) is 8.40. The molecule has 0 radical (unpaired) electrons. The van der Waals surface area contributed by atoms with E-state index in [-0.39, 0.29) is 0 Å². The minimum Gasteiger partial charge on any atom is -0.383 e. The van der Waals surface area contributed by atoms with Crippen LogP contribution in [-0.2, 0) is 17.5 Å². The number of nitrogens with one attached hydrogen (secondary N) is 1. The molecule has 6 nitrogen and oxygen atoms in total. The zero-order valence-corrected chi connectivity index (χ0v) is 14.9. The summed E-state index contributed by atoms with van der Waals surface area (Å²) in [6.07, 6.45) is 8.94. The van der Waals surface area contributed by atoms with E-state index in [1.807, 2.05) is 12.1 Å². The summed E-state index contributed by atoms with van der Waals surface area (Å²) < 4.78 is 16.5. The number of nitrogens with two attached hydrogens (primary N) is 1. The Morgan fingerprint density at radius 1 is 1.36 bits per heavy atom. The highest BCUT2D eigenvalue weighted by atomic mass is 32.2. The minimum atomic E-state index is -1.03. The van der Waals surface area contributed by atoms with Gasteiger partial charge in [0.05, 0.1) is 16.4 Å². The zero-order chi connectivity index (χ0) is 17.4. The summed E-state index contributed by atoms with van der Waals surface area (Å²) in [5, 5.41) is 0.915. The van der Waals surface area contributed by atoms with E-state index < -0.39 is 11.0 Å². The van der Waals surface area contributed by atoms with Gasteiger partial charge in [0.25, 0.3) is 0 Å². The zero-order valence-electron chi connectivity index (χ0n) is 14.1. The standard InChI is InChI=1S/C18H21N5OS/c1-25(24)22-9-12-4-2-5-13(8-12)15-10-23(14-6-3-7-14)18-16(15)17(19)20-11-21-18/h2,4-5,8,10-11,14,22H,3,6-7,9H2,1H3,(H2,19,20,21). The summed E-state index contributed by atoms with van der Waals surface area (Å²) >= 11 is 0. The number of hydrogen-bond donors (Lipinski definition) is 2. The van der Waals surface area contributed by atoms with Crippen LogP contribution < -0.4 is 10.5 Å². The molecule has 3 N–H and O–H groups in total. The maximum Gasteiger partial charge on any atom is 0.146 e. The van der Waals surface area contributed by atoms with Crippen molar-refractivity contribution in [2.45, 2.75) is 31.8 Å². The SMILES string of the molecule is CS(=O)NCc1cccc(-c2cn(C3CCC3)c3ncnc(N)c23)c1. The van der Waals surface area contributed by atoms with Gasteiger partial charge in [-0.1, -0.05) is 18.2 Å². The third-order valence-corrected chi connectivity index (χ3v) is 5.38. The molecular formula is C18H21N5OS. The number of benzene rings is 1. The Kier molecular flexibility index (Phi) is 4.27. The van der Waals surface area contributed by atoms with Gasteiger partial charge in [-0.2, -0.15) is 0 Å². The van der Waals surface area contributed by atoms with Crippen molar-refractivity contribution < 1.29 is 4.21 Å². The lowest BCUT2D eigenvalue weighted by Gasteiger charge is -2.27. The highest BCUT2D eigenvalue weighted by Crippen LogP contribution is 2.39. The number of fused-ring (bicyclic) bond motifs is 1. The number of anilines is 1. The molecule has 130 valence electrons. The van der Waals surface area contributed by atoms with E-state index in [0.717, 1.165) is 27.7 Å². The topological polar surface area (TPSA) is 85.8 Å². The molecule has 2 aromatic heterocycles. The lowest BCUT2D eigenvalue weighted by atomic mass is 9.93. The van der Waals surface area contributed by atoms with Gasteiger partial charge in [0.15, 0.2) is 0 Å². The van der Waals surface area contributed by atoms with Crippen LogP contribution in [0.1, 0.15) is 30.9 Å². The molecule has 0 aliphatic heterocycles. The van der Waals surface area contributed by atoms with Gasteiger partial charge in [-0.05, 0) is 36.5 Å². The van der Waals surface area contributed by atoms with Crippen LogP contribution in [0, 0.1) is 0 Å². The van der Waals surface area contributed by atoms with Crippen molar-refractivity contribution in [3.05, 3.63) is 42.4 Å². The van der Waals surface area contributed by atoms with Crippen molar-refractivity contribution >= 4 is 27.8 Å². The summed E-state index contributed by atoms with van der Waals surface area (Å²) in [4.78, 5) is 8.69. The van der Waals surface area contributed by atoms with Crippen LogP contribution in [-0.4, -0.2) is 25.0 Å². The third-order valence-electron chi connectivity index (χ3n) is 4.82. The Hall–Kier alpha value is -2.25. The maximum absolute atomic E-state index is 11.3. The van der Waals surface area contributed by atoms with Gasteiger partial charge in [-0.15, -0.1) is 0 Å². The van der Waals surface area contributed by atoms with Crippen LogP contribution in [0.5, 0.6) is 0 Å². The predicted molar refractivity (Wildman–Crippen MR) is 101 cm³/mol. The largest absolute Gasteiger partial charge is 0.383 e. The van der Waals surface area contributed by atoms with E-state index in [9.17, 15) is 4.21 Å². The fourth-order valence-electron chi connectivity index (χ4n) is 3.30. The highest BCUT2D eigenvalue weighted by Gasteiger charge is 2.24. The van der Waals surface area contributed by atoms with Crippen LogP contribution in [0.3, 0.4) is 0 Å². The Labute approximate surface area is 149 Å². The highest BCUT2D eigenvalue weighted by molar-refractivity contribution is 7.82. The smallest absolute Gasteiger partial charge is 0.146 e. The van der Waals surface area contributed by atoms with Crippen LogP contribution in [0.15, 0.2) is 36.8 Å². The second-order valence-corrected chi connectivity index (χ2v) is 7.66. The predicted octanol–water partition coefficient (Wildman–Crippen LogP) is 2.79. The maximum atomic E-state index is 11.3. The molecule has 1 aliphatic rings. The number of rotatable bonds is 5. The summed E-state index contributed by atoms with van der Waals surface area (Å²) in [6.45, 7) is 0.560. The summed E-state index contributed by atoms with van der Waals surface area (Å²) in [6, 6.07) is 8.70. The Balaban J connectivity index is 1.81. The molecule has 3 aromatic rings. The molecule has 1 fully saturated rings. The van der Waals surface area contributed by atoms with Crippen LogP contribution in [0.25, 0.3) is 22.2 Å². The molecule has 1 aromatic carbocycles. The van der Waals surface area contributed by atoms with Crippen molar-refractivity contribution in [3.8, 4) is 11.1 Å². The van der Waals surface area contributed by atoms with Gasteiger partial charge in [0, 0.05) is 30.6 Å². The first kappa shape index (κ1) is 16.2. The Bertz CT molecular complexity index is 948. The van der Waals surface area contributed by atoms with Gasteiger partial charge in [-0.25, -0.2) is 18.9 Å². The summed E-state index contributed by atoms with van der Waals surface area (Å²) in [7, 11) is -1.03. The van der Waals surface area contributed by atoms with Gasteiger partial charge in [0.2, 0.25) is 0 Å². The number of hydrogen-bond acceptors (Lipinski definition) is 4. The van der Waals surface area contributed by atoms with E-state index in [4.69, 9.17) is 5.73 Å². The van der Waals surface area contributed by atoms with E-state index in [1.165, 1.54) is 25.6 Å². The minimum absolute atomic E-state index is 0.498. The number of aromatic nitrogens is 3. The van der Waals surface area contributed by atoms with E-state index in [1.54, 1.807) is 6.26 Å². The van der Waals surface area contributed by atoms with E-state index in [0.29, 0.717) is 18.4 Å². The van der Waals surface area contributed by atoms with Crippen molar-refractivity contribution in [1.29, 1.82) is 0 Å². The fraction of sp³-hybridized carbons (Fsp3) is 0.333. The number of nitrogens with zero attached hydrogens (tertiary/aromatic N) is 3. The van der Waals surface area contributed by atoms with E-state index in [2.05, 4.69) is 37.6 Å². The lowest BCUT2D eigenvalue weighted by molar-refractivity contribution is 0.320. The van der Waals surface area contributed by atoms with Gasteiger partial charge >= 0.3 is 0 Å². The molecule has 0 saturated heterocycles. The average Bonchev–Trinajstić information content (AvgIpc) is 2.93. The van der Waals surface area contributed by atoms with Crippen molar-refractivity contribution in [2.75, 3.05) is 12.0 Å². The van der Waals surface area contributed by atoms with Crippen LogP contribution in [0.4, 0.5) is 5.82 Å². The second-order valence-electron chi connectivity index (χ2n) is 6.47. The molecule has 25 heavy (non-hydrogen) atoms. The lowest BCUT2D eigenvalue weighted by Crippen LogP contribution is -2.16. The van der Waals surface area contributed by atoms with Gasteiger partial charge in [0.1, 0.15) is 17.8 Å². The quantitative estimate of drug-likeness (QED) is 0.737. The monoisotopic (exact) mass is 355 g/mol. The third kappa shape index (κ3) is 3.05. The van der Waals surface area contributed by atoms with Crippen molar-refractivity contribution in [2.24, 2.45) is 0 Å².